The van der Waals surface area contributed by atoms with Crippen molar-refractivity contribution in [1.82, 2.24) is 0 Å². The van der Waals surface area contributed by atoms with Crippen LogP contribution < -0.4 is 0 Å². The molecule has 0 bridgehead atoms. The summed E-state index contributed by atoms with van der Waals surface area (Å²) in [6, 6.07) is 0. The lowest BCUT2D eigenvalue weighted by Gasteiger charge is -2.30. The molecule has 0 aliphatic carbocycles. The van der Waals surface area contributed by atoms with Crippen LogP contribution in [0.3, 0.4) is 0 Å². The molecule has 0 aliphatic heterocycles. The second-order valence-corrected chi connectivity index (χ2v) is 6.76. The molecular formula is C17H32O4. The van der Waals surface area contributed by atoms with Crippen molar-refractivity contribution in [3.63, 3.8) is 0 Å². The molecule has 0 unspecified atom stereocenters. The van der Waals surface area contributed by atoms with E-state index < -0.39 is 23.0 Å². The Kier molecular flexibility index (Phi) is 8.60. The lowest BCUT2D eigenvalue weighted by Crippen LogP contribution is -2.43. The number of carbonyl (C=O) groups is 2. The number of esters is 1. The van der Waals surface area contributed by atoms with Crippen LogP contribution in [0.4, 0.5) is 0 Å². The summed E-state index contributed by atoms with van der Waals surface area (Å²) >= 11 is 0. The lowest BCUT2D eigenvalue weighted by molar-refractivity contribution is -0.178. The van der Waals surface area contributed by atoms with Gasteiger partial charge in [0.15, 0.2) is 5.41 Å². The molecule has 0 amide bonds. The second kappa shape index (κ2) is 9.06. The first-order valence-electron chi connectivity index (χ1n) is 8.16. The number of carboxylic acid groups (broad SMARTS) is 1. The minimum absolute atomic E-state index is 0.270. The molecular weight excluding hydrogens is 268 g/mol. The number of ether oxygens (including phenoxy) is 1. The Morgan fingerprint density at radius 2 is 1.48 bits per heavy atom. The number of rotatable bonds is 10. The summed E-state index contributed by atoms with van der Waals surface area (Å²) in [7, 11) is 0. The van der Waals surface area contributed by atoms with Crippen molar-refractivity contribution >= 4 is 11.9 Å². The van der Waals surface area contributed by atoms with E-state index in [1.165, 1.54) is 19.3 Å². The summed E-state index contributed by atoms with van der Waals surface area (Å²) in [4.78, 5) is 24.0. The number of hydrogen-bond donors (Lipinski definition) is 1. The van der Waals surface area contributed by atoms with E-state index in [4.69, 9.17) is 4.74 Å². The highest BCUT2D eigenvalue weighted by atomic mass is 16.6. The summed E-state index contributed by atoms with van der Waals surface area (Å²) in [5.41, 5.74) is -2.05. The molecule has 4 nitrogen and oxygen atoms in total. The van der Waals surface area contributed by atoms with E-state index in [0.29, 0.717) is 6.42 Å². The van der Waals surface area contributed by atoms with Gasteiger partial charge in [0.2, 0.25) is 0 Å². The SMILES string of the molecule is CCCCCCCC[C@](CC)(C(=O)O)C(=O)OC(C)(C)C. The van der Waals surface area contributed by atoms with Crippen LogP contribution in [0.2, 0.25) is 0 Å². The molecule has 1 N–H and O–H groups in total. The lowest BCUT2D eigenvalue weighted by atomic mass is 9.79. The van der Waals surface area contributed by atoms with E-state index in [-0.39, 0.29) is 6.42 Å². The van der Waals surface area contributed by atoms with Crippen molar-refractivity contribution in [1.29, 1.82) is 0 Å². The van der Waals surface area contributed by atoms with Crippen molar-refractivity contribution < 1.29 is 19.4 Å². The Balaban J connectivity index is 4.63. The number of aliphatic carboxylic acids is 1. The Morgan fingerprint density at radius 3 is 1.90 bits per heavy atom. The van der Waals surface area contributed by atoms with Crippen molar-refractivity contribution in [3.8, 4) is 0 Å². The number of unbranched alkanes of at least 4 members (excludes halogenated alkanes) is 5. The minimum Gasteiger partial charge on any atom is -0.480 e. The topological polar surface area (TPSA) is 63.6 Å². The fourth-order valence-electron chi connectivity index (χ4n) is 2.35. The van der Waals surface area contributed by atoms with Gasteiger partial charge in [0.05, 0.1) is 0 Å². The van der Waals surface area contributed by atoms with Gasteiger partial charge in [-0.15, -0.1) is 0 Å². The molecule has 21 heavy (non-hydrogen) atoms. The molecule has 0 radical (unpaired) electrons. The van der Waals surface area contributed by atoms with Crippen LogP contribution in [0.5, 0.6) is 0 Å². The Bertz CT molecular complexity index is 330. The molecule has 0 spiro atoms. The summed E-state index contributed by atoms with van der Waals surface area (Å²) in [6.07, 6.45) is 7.03. The van der Waals surface area contributed by atoms with E-state index in [0.717, 1.165) is 19.3 Å². The van der Waals surface area contributed by atoms with Gasteiger partial charge in [0.25, 0.3) is 0 Å². The minimum atomic E-state index is -1.39. The number of hydrogen-bond acceptors (Lipinski definition) is 3. The van der Waals surface area contributed by atoms with E-state index in [1.807, 2.05) is 0 Å². The van der Waals surface area contributed by atoms with Crippen molar-refractivity contribution in [2.75, 3.05) is 0 Å². The summed E-state index contributed by atoms with van der Waals surface area (Å²) < 4.78 is 5.33. The highest BCUT2D eigenvalue weighted by Crippen LogP contribution is 2.33. The average Bonchev–Trinajstić information content (AvgIpc) is 2.35. The second-order valence-electron chi connectivity index (χ2n) is 6.76. The van der Waals surface area contributed by atoms with Gasteiger partial charge >= 0.3 is 11.9 Å². The van der Waals surface area contributed by atoms with Crippen LogP contribution >= 0.6 is 0 Å². The third-order valence-corrected chi connectivity index (χ3v) is 3.76. The summed E-state index contributed by atoms with van der Waals surface area (Å²) in [5, 5.41) is 9.53. The van der Waals surface area contributed by atoms with Crippen LogP contribution in [-0.2, 0) is 14.3 Å². The van der Waals surface area contributed by atoms with Gasteiger partial charge in [0.1, 0.15) is 5.60 Å². The maximum absolute atomic E-state index is 12.3. The van der Waals surface area contributed by atoms with Crippen molar-refractivity contribution in [2.24, 2.45) is 5.41 Å². The van der Waals surface area contributed by atoms with Gasteiger partial charge in [0, 0.05) is 0 Å². The monoisotopic (exact) mass is 300 g/mol. The highest BCUT2D eigenvalue weighted by molar-refractivity contribution is 5.99. The first-order chi connectivity index (χ1) is 9.69. The van der Waals surface area contributed by atoms with Crippen LogP contribution in [0.1, 0.15) is 86.0 Å². The standard InChI is InChI=1S/C17H32O4/c1-6-8-9-10-11-12-13-17(7-2,14(18)19)15(20)21-16(3,4)5/h6-13H2,1-5H3,(H,18,19)/t17-/m1/s1. The van der Waals surface area contributed by atoms with E-state index in [1.54, 1.807) is 27.7 Å². The fourth-order valence-corrected chi connectivity index (χ4v) is 2.35. The maximum Gasteiger partial charge on any atom is 0.323 e. The molecule has 0 saturated heterocycles. The predicted octanol–water partition coefficient (Wildman–Crippen LogP) is 4.56. The molecule has 124 valence electrons. The molecule has 0 aromatic carbocycles. The Labute approximate surface area is 129 Å². The number of carbonyl (C=O) groups excluding carboxylic acids is 1. The normalized spacial score (nSPS) is 14.5. The van der Waals surface area contributed by atoms with Crippen LogP contribution in [0.15, 0.2) is 0 Å². The van der Waals surface area contributed by atoms with Gasteiger partial charge in [-0.05, 0) is 33.6 Å². The Hall–Kier alpha value is -1.06. The van der Waals surface area contributed by atoms with Gasteiger partial charge in [-0.2, -0.15) is 0 Å². The largest absolute Gasteiger partial charge is 0.480 e. The molecule has 0 aromatic heterocycles. The molecule has 0 fully saturated rings. The predicted molar refractivity (Wildman–Crippen MR) is 84.2 cm³/mol. The third-order valence-electron chi connectivity index (χ3n) is 3.76. The molecule has 1 atom stereocenters. The van der Waals surface area contributed by atoms with Gasteiger partial charge in [-0.25, -0.2) is 0 Å². The van der Waals surface area contributed by atoms with Gasteiger partial charge in [-0.3, -0.25) is 9.59 Å². The van der Waals surface area contributed by atoms with Crippen molar-refractivity contribution in [2.45, 2.75) is 91.6 Å². The molecule has 0 heterocycles. The van der Waals surface area contributed by atoms with E-state index >= 15 is 0 Å². The van der Waals surface area contributed by atoms with Gasteiger partial charge in [-0.1, -0.05) is 52.4 Å². The average molecular weight is 300 g/mol. The first-order valence-corrected chi connectivity index (χ1v) is 8.16. The quantitative estimate of drug-likeness (QED) is 0.365. The number of carboxylic acids is 1. The zero-order chi connectivity index (χ0) is 16.5. The Morgan fingerprint density at radius 1 is 0.952 bits per heavy atom. The van der Waals surface area contributed by atoms with Crippen LogP contribution in [0, 0.1) is 5.41 Å². The molecule has 0 rings (SSSR count). The molecule has 4 heteroatoms. The zero-order valence-electron chi connectivity index (χ0n) is 14.3. The zero-order valence-corrected chi connectivity index (χ0v) is 14.3. The van der Waals surface area contributed by atoms with E-state index in [9.17, 15) is 14.7 Å². The van der Waals surface area contributed by atoms with E-state index in [2.05, 4.69) is 6.92 Å². The smallest absolute Gasteiger partial charge is 0.323 e. The first kappa shape index (κ1) is 19.9. The molecule has 0 aliphatic rings. The summed E-state index contributed by atoms with van der Waals surface area (Å²) in [6.45, 7) is 9.19. The third kappa shape index (κ3) is 6.96. The van der Waals surface area contributed by atoms with Crippen molar-refractivity contribution in [3.05, 3.63) is 0 Å². The van der Waals surface area contributed by atoms with Crippen LogP contribution in [-0.4, -0.2) is 22.6 Å². The molecule has 0 aromatic rings. The van der Waals surface area contributed by atoms with Gasteiger partial charge < -0.3 is 9.84 Å². The molecule has 0 saturated carbocycles. The maximum atomic E-state index is 12.3. The fraction of sp³-hybridized carbons (Fsp3) is 0.882. The van der Waals surface area contributed by atoms with Crippen LogP contribution in [0.25, 0.3) is 0 Å². The summed E-state index contributed by atoms with van der Waals surface area (Å²) in [5.74, 6) is -1.66. The highest BCUT2D eigenvalue weighted by Gasteiger charge is 2.46.